The van der Waals surface area contributed by atoms with Gasteiger partial charge in [0.25, 0.3) is 0 Å². The summed E-state index contributed by atoms with van der Waals surface area (Å²) in [6.07, 6.45) is 0. The molecule has 3 nitrogen and oxygen atoms in total. The Kier molecular flexibility index (Phi) is 4.05. The molecule has 0 saturated carbocycles. The number of hydrogen-bond donors (Lipinski definition) is 1. The van der Waals surface area contributed by atoms with Crippen LogP contribution in [0.5, 0.6) is 0 Å². The van der Waals surface area contributed by atoms with Gasteiger partial charge >= 0.3 is 0 Å². The van der Waals surface area contributed by atoms with Gasteiger partial charge in [0.15, 0.2) is 0 Å². The number of hydrogen-bond acceptors (Lipinski definition) is 3. The van der Waals surface area contributed by atoms with Crippen molar-refractivity contribution >= 4 is 23.2 Å². The molecule has 1 heterocycles. The molecule has 0 radical (unpaired) electrons. The summed E-state index contributed by atoms with van der Waals surface area (Å²) >= 11 is 11.8. The fraction of sp³-hybridized carbons (Fsp3) is 0.250. The lowest BCUT2D eigenvalue weighted by Crippen LogP contribution is -2.12. The predicted molar refractivity (Wildman–Crippen MR) is 68.2 cm³/mol. The predicted octanol–water partition coefficient (Wildman–Crippen LogP) is 3.58. The maximum absolute atomic E-state index is 5.91. The largest absolute Gasteiger partial charge is 0.361 e. The van der Waals surface area contributed by atoms with Crippen LogP contribution in [0.2, 0.25) is 10.0 Å². The van der Waals surface area contributed by atoms with E-state index in [0.717, 1.165) is 17.0 Å². The Balaban J connectivity index is 1.89. The van der Waals surface area contributed by atoms with Gasteiger partial charge < -0.3 is 9.84 Å². The van der Waals surface area contributed by atoms with Crippen molar-refractivity contribution in [3.8, 4) is 0 Å². The first-order valence-corrected chi connectivity index (χ1v) is 5.97. The minimum absolute atomic E-state index is 0.645. The molecule has 0 amide bonds. The van der Waals surface area contributed by atoms with Gasteiger partial charge in [0.05, 0.1) is 5.69 Å². The topological polar surface area (TPSA) is 38.1 Å². The highest BCUT2D eigenvalue weighted by atomic mass is 35.5. The van der Waals surface area contributed by atoms with Crippen LogP contribution in [0, 0.1) is 6.92 Å². The van der Waals surface area contributed by atoms with Crippen LogP contribution in [0.1, 0.15) is 17.0 Å². The molecule has 90 valence electrons. The molecule has 2 rings (SSSR count). The molecule has 0 spiro atoms. The van der Waals surface area contributed by atoms with Gasteiger partial charge in [0.2, 0.25) is 0 Å². The zero-order chi connectivity index (χ0) is 12.3. The average Bonchev–Trinajstić information content (AvgIpc) is 2.63. The second-order valence-electron chi connectivity index (χ2n) is 3.81. The summed E-state index contributed by atoms with van der Waals surface area (Å²) in [6.45, 7) is 3.21. The van der Waals surface area contributed by atoms with E-state index in [0.29, 0.717) is 23.1 Å². The Morgan fingerprint density at radius 2 is 1.82 bits per heavy atom. The molecule has 0 aliphatic rings. The van der Waals surface area contributed by atoms with Gasteiger partial charge in [-0.2, -0.15) is 0 Å². The van der Waals surface area contributed by atoms with E-state index in [1.807, 2.05) is 25.1 Å². The summed E-state index contributed by atoms with van der Waals surface area (Å²) in [4.78, 5) is 0. The minimum Gasteiger partial charge on any atom is -0.361 e. The lowest BCUT2D eigenvalue weighted by molar-refractivity contribution is 0.388. The highest BCUT2D eigenvalue weighted by molar-refractivity contribution is 6.34. The summed E-state index contributed by atoms with van der Waals surface area (Å²) in [6, 6.07) is 7.38. The van der Waals surface area contributed by atoms with Crippen molar-refractivity contribution in [2.75, 3.05) is 0 Å². The number of aromatic nitrogens is 1. The van der Waals surface area contributed by atoms with Crippen LogP contribution in [-0.4, -0.2) is 5.16 Å². The minimum atomic E-state index is 0.645. The Bertz CT molecular complexity index is 491. The number of nitrogens with one attached hydrogen (secondary N) is 1. The van der Waals surface area contributed by atoms with Gasteiger partial charge in [-0.05, 0) is 30.7 Å². The molecule has 1 N–H and O–H groups in total. The highest BCUT2D eigenvalue weighted by Crippen LogP contribution is 2.18. The summed E-state index contributed by atoms with van der Waals surface area (Å²) in [5.74, 6) is 0.813. The van der Waals surface area contributed by atoms with Crippen LogP contribution in [0.3, 0.4) is 0 Å². The lowest BCUT2D eigenvalue weighted by atomic mass is 10.2. The van der Waals surface area contributed by atoms with E-state index in [-0.39, 0.29) is 0 Å². The monoisotopic (exact) mass is 270 g/mol. The molecule has 17 heavy (non-hydrogen) atoms. The van der Waals surface area contributed by atoms with E-state index >= 15 is 0 Å². The van der Waals surface area contributed by atoms with E-state index in [9.17, 15) is 0 Å². The summed E-state index contributed by atoms with van der Waals surface area (Å²) < 4.78 is 4.97. The molecule has 0 bridgehead atoms. The Morgan fingerprint density at radius 1 is 1.12 bits per heavy atom. The SMILES string of the molecule is Cc1cc(CNCc2cc(Cl)cc(Cl)c2)no1. The summed E-state index contributed by atoms with van der Waals surface area (Å²) in [5.41, 5.74) is 1.93. The fourth-order valence-electron chi connectivity index (χ4n) is 1.55. The molecule has 0 fully saturated rings. The quantitative estimate of drug-likeness (QED) is 0.923. The molecule has 0 aliphatic carbocycles. The Hall–Kier alpha value is -1.03. The second kappa shape index (κ2) is 5.54. The molecule has 1 aromatic carbocycles. The smallest absolute Gasteiger partial charge is 0.133 e. The molecule has 0 aliphatic heterocycles. The fourth-order valence-corrected chi connectivity index (χ4v) is 2.12. The Morgan fingerprint density at radius 3 is 2.41 bits per heavy atom. The zero-order valence-electron chi connectivity index (χ0n) is 9.34. The van der Waals surface area contributed by atoms with E-state index in [2.05, 4.69) is 10.5 Å². The normalized spacial score (nSPS) is 10.8. The van der Waals surface area contributed by atoms with Crippen LogP contribution in [-0.2, 0) is 13.1 Å². The number of aryl methyl sites for hydroxylation is 1. The standard InChI is InChI=1S/C12H12Cl2N2O/c1-8-2-12(16-17-8)7-15-6-9-3-10(13)5-11(14)4-9/h2-5,15H,6-7H2,1H3. The maximum Gasteiger partial charge on any atom is 0.133 e. The first-order chi connectivity index (χ1) is 8.13. The van der Waals surface area contributed by atoms with Crippen molar-refractivity contribution in [3.63, 3.8) is 0 Å². The molecule has 0 saturated heterocycles. The average molecular weight is 271 g/mol. The number of nitrogens with zero attached hydrogens (tertiary/aromatic N) is 1. The number of rotatable bonds is 4. The number of benzene rings is 1. The van der Waals surface area contributed by atoms with Gasteiger partial charge in [-0.3, -0.25) is 0 Å². The van der Waals surface area contributed by atoms with E-state index < -0.39 is 0 Å². The van der Waals surface area contributed by atoms with Crippen molar-refractivity contribution < 1.29 is 4.52 Å². The van der Waals surface area contributed by atoms with Gasteiger partial charge in [0.1, 0.15) is 5.76 Å². The van der Waals surface area contributed by atoms with E-state index in [1.165, 1.54) is 0 Å². The van der Waals surface area contributed by atoms with E-state index in [1.54, 1.807) is 6.07 Å². The highest BCUT2D eigenvalue weighted by Gasteiger charge is 2.01. The van der Waals surface area contributed by atoms with E-state index in [4.69, 9.17) is 27.7 Å². The zero-order valence-corrected chi connectivity index (χ0v) is 10.8. The third-order valence-electron chi connectivity index (χ3n) is 2.23. The third kappa shape index (κ3) is 3.73. The molecule has 0 atom stereocenters. The van der Waals surface area contributed by atoms with Crippen LogP contribution in [0.25, 0.3) is 0 Å². The molecular formula is C12H12Cl2N2O. The molecule has 2 aromatic rings. The lowest BCUT2D eigenvalue weighted by Gasteiger charge is -2.04. The summed E-state index contributed by atoms with van der Waals surface area (Å²) in [5, 5.41) is 8.43. The van der Waals surface area contributed by atoms with Crippen molar-refractivity contribution in [1.82, 2.24) is 10.5 Å². The molecule has 5 heteroatoms. The van der Waals surface area contributed by atoms with Crippen molar-refractivity contribution in [1.29, 1.82) is 0 Å². The third-order valence-corrected chi connectivity index (χ3v) is 2.67. The number of halogens is 2. The first kappa shape index (κ1) is 12.4. The molecular weight excluding hydrogens is 259 g/mol. The van der Waals surface area contributed by atoms with Crippen molar-refractivity contribution in [2.45, 2.75) is 20.0 Å². The Labute approximate surface area is 110 Å². The van der Waals surface area contributed by atoms with Crippen molar-refractivity contribution in [3.05, 3.63) is 51.3 Å². The van der Waals surface area contributed by atoms with Crippen LogP contribution >= 0.6 is 23.2 Å². The van der Waals surface area contributed by atoms with Crippen LogP contribution in [0.4, 0.5) is 0 Å². The second-order valence-corrected chi connectivity index (χ2v) is 4.68. The van der Waals surface area contributed by atoms with Crippen LogP contribution in [0.15, 0.2) is 28.8 Å². The van der Waals surface area contributed by atoms with Gasteiger partial charge in [-0.1, -0.05) is 28.4 Å². The van der Waals surface area contributed by atoms with Gasteiger partial charge in [-0.25, -0.2) is 0 Å². The molecule has 0 unspecified atom stereocenters. The molecule has 1 aromatic heterocycles. The first-order valence-electron chi connectivity index (χ1n) is 5.21. The van der Waals surface area contributed by atoms with Gasteiger partial charge in [0, 0.05) is 29.2 Å². The maximum atomic E-state index is 5.91. The van der Waals surface area contributed by atoms with Crippen LogP contribution < -0.4 is 5.32 Å². The summed E-state index contributed by atoms with van der Waals surface area (Å²) in [7, 11) is 0. The van der Waals surface area contributed by atoms with Gasteiger partial charge in [-0.15, -0.1) is 0 Å². The van der Waals surface area contributed by atoms with Crippen molar-refractivity contribution in [2.24, 2.45) is 0 Å².